The number of aryl methyl sites for hydroxylation is 1. The zero-order valence-corrected chi connectivity index (χ0v) is 14.8. The second-order valence-corrected chi connectivity index (χ2v) is 6.36. The highest BCUT2D eigenvalue weighted by molar-refractivity contribution is 6.00. The van der Waals surface area contributed by atoms with E-state index in [4.69, 9.17) is 18.7 Å². The van der Waals surface area contributed by atoms with Crippen molar-refractivity contribution < 1.29 is 23.5 Å². The third-order valence-electron chi connectivity index (χ3n) is 4.00. The maximum absolute atomic E-state index is 12.6. The van der Waals surface area contributed by atoms with Crippen molar-refractivity contribution in [2.75, 3.05) is 20.3 Å². The fraction of sp³-hybridized carbons (Fsp3) is 0.444. The number of hydrogen-bond acceptors (Lipinski definition) is 6. The quantitative estimate of drug-likeness (QED) is 0.896. The van der Waals surface area contributed by atoms with Gasteiger partial charge in [0, 0.05) is 12.1 Å². The molecule has 1 fully saturated rings. The minimum atomic E-state index is -0.614. The van der Waals surface area contributed by atoms with Crippen LogP contribution in [0.4, 0.5) is 0 Å². The molecule has 0 radical (unpaired) electrons. The molecule has 1 aromatic heterocycles. The number of methoxy groups -OCH3 is 1. The molecule has 7 nitrogen and oxygen atoms in total. The van der Waals surface area contributed by atoms with Crippen LogP contribution in [-0.2, 0) is 9.47 Å². The molecule has 7 heteroatoms. The average Bonchev–Trinajstić information content (AvgIpc) is 3.15. The van der Waals surface area contributed by atoms with Crippen LogP contribution in [0.2, 0.25) is 0 Å². The molecule has 0 saturated carbocycles. The second kappa shape index (κ2) is 6.85. The summed E-state index contributed by atoms with van der Waals surface area (Å²) in [6, 6.07) is 7.26. The Balaban J connectivity index is 1.73. The summed E-state index contributed by atoms with van der Waals surface area (Å²) in [4.78, 5) is 12.6. The van der Waals surface area contributed by atoms with Crippen LogP contribution in [0.5, 0.6) is 5.75 Å². The van der Waals surface area contributed by atoms with Gasteiger partial charge in [-0.15, -0.1) is 0 Å². The Bertz CT molecular complexity index is 751. The van der Waals surface area contributed by atoms with E-state index >= 15 is 0 Å². The molecule has 1 aliphatic rings. The zero-order chi connectivity index (χ0) is 18.0. The summed E-state index contributed by atoms with van der Waals surface area (Å²) in [7, 11) is 1.60. The van der Waals surface area contributed by atoms with Crippen molar-refractivity contribution in [2.24, 2.45) is 0 Å². The topological polar surface area (TPSA) is 82.8 Å². The number of rotatable bonds is 5. The lowest BCUT2D eigenvalue weighted by Gasteiger charge is -2.17. The SMILES string of the molecule is COc1ccc(-c2onc(C)c2C(=O)NC[C@H]2COC(C)(C)O2)cc1. The van der Waals surface area contributed by atoms with Crippen molar-refractivity contribution >= 4 is 5.91 Å². The molecule has 1 aromatic carbocycles. The number of carbonyl (C=O) groups is 1. The maximum Gasteiger partial charge on any atom is 0.257 e. The number of amides is 1. The van der Waals surface area contributed by atoms with Gasteiger partial charge in [0.2, 0.25) is 0 Å². The van der Waals surface area contributed by atoms with Crippen molar-refractivity contribution in [2.45, 2.75) is 32.7 Å². The van der Waals surface area contributed by atoms with Crippen molar-refractivity contribution in [3.63, 3.8) is 0 Å². The maximum atomic E-state index is 12.6. The van der Waals surface area contributed by atoms with E-state index in [-0.39, 0.29) is 12.0 Å². The summed E-state index contributed by atoms with van der Waals surface area (Å²) in [6.07, 6.45) is -0.177. The standard InChI is InChI=1S/C18H22N2O5/c1-11-15(17(21)19-9-14-10-23-18(2,3)24-14)16(25-20-11)12-5-7-13(22-4)8-6-12/h5-8,14H,9-10H2,1-4H3,(H,19,21)/t14-/m0/s1. The van der Waals surface area contributed by atoms with Gasteiger partial charge < -0.3 is 24.1 Å². The molecule has 2 heterocycles. The number of aromatic nitrogens is 1. The van der Waals surface area contributed by atoms with Crippen LogP contribution in [0.1, 0.15) is 29.9 Å². The monoisotopic (exact) mass is 346 g/mol. The summed E-state index contributed by atoms with van der Waals surface area (Å²) in [5, 5.41) is 6.81. The van der Waals surface area contributed by atoms with Crippen LogP contribution in [0.15, 0.2) is 28.8 Å². The van der Waals surface area contributed by atoms with Crippen LogP contribution < -0.4 is 10.1 Å². The van der Waals surface area contributed by atoms with E-state index in [0.29, 0.717) is 30.2 Å². The van der Waals surface area contributed by atoms with Crippen LogP contribution in [-0.4, -0.2) is 43.2 Å². The lowest BCUT2D eigenvalue weighted by atomic mass is 10.1. The summed E-state index contributed by atoms with van der Waals surface area (Å²) >= 11 is 0. The number of hydrogen-bond donors (Lipinski definition) is 1. The molecule has 1 saturated heterocycles. The van der Waals surface area contributed by atoms with Gasteiger partial charge in [-0.3, -0.25) is 4.79 Å². The Labute approximate surface area is 146 Å². The van der Waals surface area contributed by atoms with E-state index in [1.807, 2.05) is 26.0 Å². The molecule has 134 valence electrons. The summed E-state index contributed by atoms with van der Waals surface area (Å²) in [6.45, 7) is 6.24. The van der Waals surface area contributed by atoms with E-state index in [1.165, 1.54) is 0 Å². The zero-order valence-electron chi connectivity index (χ0n) is 14.8. The first-order valence-corrected chi connectivity index (χ1v) is 8.10. The van der Waals surface area contributed by atoms with Gasteiger partial charge in [-0.05, 0) is 45.0 Å². The van der Waals surface area contributed by atoms with Gasteiger partial charge in [-0.25, -0.2) is 0 Å². The van der Waals surface area contributed by atoms with E-state index in [2.05, 4.69) is 10.5 Å². The average molecular weight is 346 g/mol. The number of nitrogens with one attached hydrogen (secondary N) is 1. The summed E-state index contributed by atoms with van der Waals surface area (Å²) < 4.78 is 21.7. The van der Waals surface area contributed by atoms with Crippen molar-refractivity contribution in [1.29, 1.82) is 0 Å². The van der Waals surface area contributed by atoms with E-state index in [9.17, 15) is 4.79 Å². The molecule has 3 rings (SSSR count). The van der Waals surface area contributed by atoms with Gasteiger partial charge in [0.25, 0.3) is 5.91 Å². The first kappa shape index (κ1) is 17.4. The molecule has 25 heavy (non-hydrogen) atoms. The lowest BCUT2D eigenvalue weighted by molar-refractivity contribution is -0.137. The van der Waals surface area contributed by atoms with Gasteiger partial charge in [0.15, 0.2) is 11.5 Å². The highest BCUT2D eigenvalue weighted by atomic mass is 16.7. The van der Waals surface area contributed by atoms with Crippen LogP contribution in [0, 0.1) is 6.92 Å². The first-order chi connectivity index (χ1) is 11.9. The van der Waals surface area contributed by atoms with E-state index in [1.54, 1.807) is 26.2 Å². The van der Waals surface area contributed by atoms with Crippen molar-refractivity contribution in [1.82, 2.24) is 10.5 Å². The molecule has 1 N–H and O–H groups in total. The van der Waals surface area contributed by atoms with Gasteiger partial charge in [-0.2, -0.15) is 0 Å². The Morgan fingerprint density at radius 1 is 1.36 bits per heavy atom. The predicted molar refractivity (Wildman–Crippen MR) is 90.5 cm³/mol. The van der Waals surface area contributed by atoms with Gasteiger partial charge in [0.1, 0.15) is 17.4 Å². The predicted octanol–water partition coefficient (Wildman–Crippen LogP) is 2.54. The summed E-state index contributed by atoms with van der Waals surface area (Å²) in [5.74, 6) is 0.294. The van der Waals surface area contributed by atoms with Crippen LogP contribution in [0.3, 0.4) is 0 Å². The van der Waals surface area contributed by atoms with Crippen molar-refractivity contribution in [3.8, 4) is 17.1 Å². The Kier molecular flexibility index (Phi) is 4.78. The smallest absolute Gasteiger partial charge is 0.257 e. The Hall–Kier alpha value is -2.38. The minimum absolute atomic E-state index is 0.177. The normalized spacial score (nSPS) is 19.0. The molecule has 0 aliphatic carbocycles. The van der Waals surface area contributed by atoms with Gasteiger partial charge in [0.05, 0.1) is 19.4 Å². The fourth-order valence-corrected chi connectivity index (χ4v) is 2.74. The van der Waals surface area contributed by atoms with E-state index < -0.39 is 5.79 Å². The molecule has 0 bridgehead atoms. The fourth-order valence-electron chi connectivity index (χ4n) is 2.74. The largest absolute Gasteiger partial charge is 0.497 e. The number of nitrogens with zero attached hydrogens (tertiary/aromatic N) is 1. The molecule has 0 unspecified atom stereocenters. The van der Waals surface area contributed by atoms with Gasteiger partial charge >= 0.3 is 0 Å². The van der Waals surface area contributed by atoms with Crippen LogP contribution >= 0.6 is 0 Å². The first-order valence-electron chi connectivity index (χ1n) is 8.10. The number of ether oxygens (including phenoxy) is 3. The van der Waals surface area contributed by atoms with Gasteiger partial charge in [-0.1, -0.05) is 5.16 Å². The molecule has 0 spiro atoms. The van der Waals surface area contributed by atoms with Crippen LogP contribution in [0.25, 0.3) is 11.3 Å². The highest BCUT2D eigenvalue weighted by Crippen LogP contribution is 2.28. The minimum Gasteiger partial charge on any atom is -0.497 e. The summed E-state index contributed by atoms with van der Waals surface area (Å²) in [5.41, 5.74) is 1.71. The Morgan fingerprint density at radius 2 is 2.08 bits per heavy atom. The molecule has 1 amide bonds. The third-order valence-corrected chi connectivity index (χ3v) is 4.00. The molecule has 2 aromatic rings. The molecular weight excluding hydrogens is 324 g/mol. The Morgan fingerprint density at radius 3 is 2.68 bits per heavy atom. The third kappa shape index (κ3) is 3.83. The number of carbonyl (C=O) groups excluding carboxylic acids is 1. The van der Waals surface area contributed by atoms with Crippen molar-refractivity contribution in [3.05, 3.63) is 35.5 Å². The lowest BCUT2D eigenvalue weighted by Crippen LogP contribution is -2.34. The number of benzene rings is 1. The van der Waals surface area contributed by atoms with E-state index in [0.717, 1.165) is 11.3 Å². The molecular formula is C18H22N2O5. The highest BCUT2D eigenvalue weighted by Gasteiger charge is 2.33. The molecule has 1 aliphatic heterocycles. The molecule has 1 atom stereocenters. The second-order valence-electron chi connectivity index (χ2n) is 6.36.